The van der Waals surface area contributed by atoms with Gasteiger partial charge in [0.05, 0.1) is 11.4 Å². The number of halogens is 2. The number of nitrogens with zero attached hydrogens (tertiary/aromatic N) is 3. The van der Waals surface area contributed by atoms with Gasteiger partial charge in [-0.1, -0.05) is 81.0 Å². The molecule has 9 heteroatoms. The van der Waals surface area contributed by atoms with Crippen LogP contribution in [0.1, 0.15) is 16.7 Å². The van der Waals surface area contributed by atoms with Crippen LogP contribution in [0, 0.1) is 17.8 Å². The van der Waals surface area contributed by atoms with Crippen molar-refractivity contribution in [3.05, 3.63) is 107 Å². The summed E-state index contributed by atoms with van der Waals surface area (Å²) in [7, 11) is 0. The van der Waals surface area contributed by atoms with Crippen LogP contribution < -0.4 is 5.56 Å². The minimum Gasteiger partial charge on any atom is -0.275 e. The summed E-state index contributed by atoms with van der Waals surface area (Å²) in [6.45, 7) is 4.10. The highest BCUT2D eigenvalue weighted by Gasteiger charge is 2.20. The first-order valence-corrected chi connectivity index (χ1v) is 14.1. The van der Waals surface area contributed by atoms with Crippen LogP contribution in [0.3, 0.4) is 0 Å². The van der Waals surface area contributed by atoms with Crippen molar-refractivity contribution >= 4 is 73.2 Å². The zero-order chi connectivity index (χ0) is 24.7. The second kappa shape index (κ2) is 10.0. The van der Waals surface area contributed by atoms with Gasteiger partial charge in [0.2, 0.25) is 0 Å². The van der Waals surface area contributed by atoms with Gasteiger partial charge in [0.25, 0.3) is 5.56 Å². The van der Waals surface area contributed by atoms with Gasteiger partial charge in [-0.15, -0.1) is 0 Å². The Balaban J connectivity index is 1.75. The van der Waals surface area contributed by atoms with Crippen LogP contribution >= 0.6 is 62.8 Å². The van der Waals surface area contributed by atoms with E-state index in [1.165, 1.54) is 23.1 Å². The summed E-state index contributed by atoms with van der Waals surface area (Å²) in [5, 5.41) is 1.29. The topological polar surface area (TPSA) is 39.8 Å². The fraction of sp³-hybridized carbons (Fsp3) is 0.115. The lowest BCUT2D eigenvalue weighted by Gasteiger charge is -2.15. The first kappa shape index (κ1) is 24.5. The van der Waals surface area contributed by atoms with Crippen molar-refractivity contribution in [3.8, 4) is 11.4 Å². The number of benzene rings is 3. The molecule has 5 aromatic rings. The number of para-hydroxylation sites is 1. The Labute approximate surface area is 229 Å². The van der Waals surface area contributed by atoms with Gasteiger partial charge in [0.1, 0.15) is 4.70 Å². The number of rotatable bonds is 5. The van der Waals surface area contributed by atoms with Crippen LogP contribution in [0.15, 0.2) is 81.2 Å². The maximum Gasteiger partial charge on any atom is 0.278 e. The van der Waals surface area contributed by atoms with Crippen molar-refractivity contribution in [2.75, 3.05) is 0 Å². The van der Waals surface area contributed by atoms with Crippen LogP contribution in [0.2, 0.25) is 5.02 Å². The van der Waals surface area contributed by atoms with E-state index in [9.17, 15) is 4.79 Å². The molecule has 176 valence electrons. The molecule has 0 aliphatic heterocycles. The second-order valence-electron chi connectivity index (χ2n) is 8.02. The number of aromatic nitrogens is 3. The highest BCUT2D eigenvalue weighted by atomic mass is 79.9. The molecule has 0 aliphatic carbocycles. The Kier molecular flexibility index (Phi) is 7.01. The largest absolute Gasteiger partial charge is 0.278 e. The summed E-state index contributed by atoms with van der Waals surface area (Å²) in [5.74, 6) is 0.639. The molecule has 0 aliphatic rings. The third kappa shape index (κ3) is 4.78. The predicted molar refractivity (Wildman–Crippen MR) is 154 cm³/mol. The summed E-state index contributed by atoms with van der Waals surface area (Å²) in [6, 6.07) is 21.5. The molecule has 5 rings (SSSR count). The number of aryl methyl sites for hydroxylation is 2. The molecule has 0 radical (unpaired) electrons. The molecule has 0 fully saturated rings. The van der Waals surface area contributed by atoms with Crippen LogP contribution in [-0.2, 0) is 5.75 Å². The molecule has 0 saturated carbocycles. The lowest BCUT2D eigenvalue weighted by atomic mass is 10.1. The van der Waals surface area contributed by atoms with Crippen LogP contribution in [-0.4, -0.2) is 14.1 Å². The van der Waals surface area contributed by atoms with E-state index in [-0.39, 0.29) is 5.56 Å². The van der Waals surface area contributed by atoms with E-state index in [2.05, 4.69) is 15.9 Å². The molecule has 0 bridgehead atoms. The van der Waals surface area contributed by atoms with Crippen molar-refractivity contribution < 1.29 is 0 Å². The summed E-state index contributed by atoms with van der Waals surface area (Å²) in [6.07, 6.45) is 0. The van der Waals surface area contributed by atoms with Crippen molar-refractivity contribution in [1.82, 2.24) is 14.1 Å². The minimum atomic E-state index is -0.128. The first-order valence-electron chi connectivity index (χ1n) is 10.7. The smallest absolute Gasteiger partial charge is 0.275 e. The Hall–Kier alpha value is -2.23. The number of fused-ring (bicyclic) bond motifs is 1. The number of hydrogen-bond acceptors (Lipinski definition) is 5. The fourth-order valence-corrected chi connectivity index (χ4v) is 6.56. The number of thioether (sulfide) groups is 1. The SMILES string of the molecule is Cc1cccc(C)c1-n1c(=S)sc2c(=O)n(-c3ccc(Br)cc3)c(SCc3ccc(Cl)cc3)nc21. The van der Waals surface area contributed by atoms with E-state index < -0.39 is 0 Å². The van der Waals surface area contributed by atoms with Crippen molar-refractivity contribution in [1.29, 1.82) is 0 Å². The number of hydrogen-bond donors (Lipinski definition) is 0. The van der Waals surface area contributed by atoms with Crippen LogP contribution in [0.25, 0.3) is 21.7 Å². The van der Waals surface area contributed by atoms with Gasteiger partial charge in [-0.2, -0.15) is 0 Å². The van der Waals surface area contributed by atoms with E-state index in [1.54, 1.807) is 4.57 Å². The third-order valence-electron chi connectivity index (χ3n) is 5.61. The van der Waals surface area contributed by atoms with Gasteiger partial charge >= 0.3 is 0 Å². The molecule has 3 aromatic carbocycles. The summed E-state index contributed by atoms with van der Waals surface area (Å²) in [4.78, 5) is 18.9. The summed E-state index contributed by atoms with van der Waals surface area (Å²) in [5.41, 5.74) is 5.44. The molecule has 4 nitrogen and oxygen atoms in total. The summed E-state index contributed by atoms with van der Waals surface area (Å²) < 4.78 is 5.70. The molecule has 0 saturated heterocycles. The molecule has 2 aromatic heterocycles. The first-order chi connectivity index (χ1) is 16.8. The Morgan fingerprint density at radius 3 is 2.31 bits per heavy atom. The van der Waals surface area contributed by atoms with Gasteiger partial charge in [0, 0.05) is 15.2 Å². The standard InChI is InChI=1S/C26H19BrClN3OS3/c1-15-4-3-5-16(2)21(15)31-23-22(35-26(31)33)24(32)30(20-12-8-18(27)9-13-20)25(29-23)34-14-17-6-10-19(28)11-7-17/h3-13H,14H2,1-2H3. The van der Waals surface area contributed by atoms with Gasteiger partial charge in [-0.25, -0.2) is 4.98 Å². The molecule has 0 N–H and O–H groups in total. The van der Waals surface area contributed by atoms with Gasteiger partial charge in [0.15, 0.2) is 14.8 Å². The fourth-order valence-electron chi connectivity index (χ4n) is 3.93. The quantitative estimate of drug-likeness (QED) is 0.116. The van der Waals surface area contributed by atoms with Gasteiger partial charge < -0.3 is 0 Å². The molecular weight excluding hydrogens is 582 g/mol. The molecule has 0 atom stereocenters. The summed E-state index contributed by atoms with van der Waals surface area (Å²) >= 11 is 18.1. The molecule has 0 amide bonds. The Morgan fingerprint density at radius 2 is 1.66 bits per heavy atom. The normalized spacial score (nSPS) is 11.3. The third-order valence-corrected chi connectivity index (χ3v) is 8.75. The monoisotopic (exact) mass is 599 g/mol. The Bertz CT molecular complexity index is 1650. The van der Waals surface area contributed by atoms with Crippen LogP contribution in [0.5, 0.6) is 0 Å². The van der Waals surface area contributed by atoms with Gasteiger partial charge in [-0.05, 0) is 79.2 Å². The lowest BCUT2D eigenvalue weighted by molar-refractivity contribution is 0.811. The molecular formula is C26H19BrClN3OS3. The van der Waals surface area contributed by atoms with Crippen molar-refractivity contribution in [2.24, 2.45) is 0 Å². The average molecular weight is 601 g/mol. The highest BCUT2D eigenvalue weighted by molar-refractivity contribution is 9.10. The molecule has 0 spiro atoms. The molecule has 2 heterocycles. The zero-order valence-electron chi connectivity index (χ0n) is 18.8. The maximum atomic E-state index is 13.9. The van der Waals surface area contributed by atoms with Gasteiger partial charge in [-0.3, -0.25) is 13.9 Å². The van der Waals surface area contributed by atoms with E-state index in [0.717, 1.165) is 32.5 Å². The lowest BCUT2D eigenvalue weighted by Crippen LogP contribution is -2.21. The molecule has 35 heavy (non-hydrogen) atoms. The number of thiazole rings is 1. The van der Waals surface area contributed by atoms with Crippen molar-refractivity contribution in [2.45, 2.75) is 24.8 Å². The van der Waals surface area contributed by atoms with E-state index >= 15 is 0 Å². The highest BCUT2D eigenvalue weighted by Crippen LogP contribution is 2.31. The van der Waals surface area contributed by atoms with Crippen LogP contribution in [0.4, 0.5) is 0 Å². The minimum absolute atomic E-state index is 0.128. The molecule has 0 unspecified atom stereocenters. The van der Waals surface area contributed by atoms with Crippen molar-refractivity contribution in [3.63, 3.8) is 0 Å². The maximum absolute atomic E-state index is 13.9. The van der Waals surface area contributed by atoms with E-state index in [1.807, 2.05) is 85.1 Å². The zero-order valence-corrected chi connectivity index (χ0v) is 23.6. The average Bonchev–Trinajstić information content (AvgIpc) is 3.16. The van der Waals surface area contributed by atoms with E-state index in [0.29, 0.717) is 30.2 Å². The Morgan fingerprint density at radius 1 is 1.00 bits per heavy atom. The van der Waals surface area contributed by atoms with E-state index in [4.69, 9.17) is 28.8 Å². The predicted octanol–water partition coefficient (Wildman–Crippen LogP) is 8.29. The second-order valence-corrected chi connectivity index (χ2v) is 12.0.